The Hall–Kier alpha value is -7.33. The van der Waals surface area contributed by atoms with Crippen molar-refractivity contribution in [2.75, 3.05) is 102 Å². The van der Waals surface area contributed by atoms with Crippen LogP contribution in [0.15, 0.2) is 212 Å². The van der Waals surface area contributed by atoms with Gasteiger partial charge < -0.3 is 92.3 Å². The molecule has 5 unspecified atom stereocenters. The van der Waals surface area contributed by atoms with Crippen LogP contribution in [-0.2, 0) is 83.7 Å². The number of para-hydroxylation sites is 7. The van der Waals surface area contributed by atoms with E-state index in [-0.39, 0.29) is 56.8 Å². The predicted octanol–water partition coefficient (Wildman–Crippen LogP) is 21.9. The van der Waals surface area contributed by atoms with Gasteiger partial charge in [-0.1, -0.05) is 194 Å². The van der Waals surface area contributed by atoms with E-state index in [4.69, 9.17) is 96.4 Å². The molecule has 0 radical (unpaired) electrons. The molecule has 0 saturated carbocycles. The molecule has 0 fully saturated rings. The van der Waals surface area contributed by atoms with E-state index < -0.39 is 109 Å². The van der Waals surface area contributed by atoms with Crippen molar-refractivity contribution in [2.24, 2.45) is 17.2 Å². The van der Waals surface area contributed by atoms with E-state index in [1.54, 1.807) is 175 Å². The fourth-order valence-corrected chi connectivity index (χ4v) is 22.5. The minimum Gasteiger partial charge on any atom is -0.465 e. The first-order chi connectivity index (χ1) is 64.5. The molecule has 136 heavy (non-hydrogen) atoms. The number of ether oxygens (including phenoxy) is 4. The Bertz CT molecular complexity index is 4220. The Morgan fingerprint density at radius 2 is 0.493 bits per heavy atom. The van der Waals surface area contributed by atoms with Crippen molar-refractivity contribution >= 4 is 96.1 Å². The van der Waals surface area contributed by atoms with Crippen LogP contribution in [0.2, 0.25) is 0 Å². The van der Waals surface area contributed by atoms with Gasteiger partial charge in [0.05, 0.1) is 63.4 Å². The standard InChI is InChI=1S/C16H19O3P.C15H24NO4P.C15H23O5P.C14H23N2O4P.C14H22NO5P.C10H15O3P.C4H11O3P.C3H10NO3P.CH3Cl/c1-2-3-14-20(17,18-15-10-6-4-7-11-15)19-16-12-8-5-9-13-16;1-4-6-12-21(18,16-13(3)15(17)19-5-2)20-14-10-8-7-9-11-14;1-4-6-12-21(17,19-13(3)15(16)18-5-2)20-14-10-8-7-9-11-14;1-3-19-14(17)12(2)16-21(18,11-7-10-15)20-13-8-5-4-6-9-13;1-3-18-14(16)12(2)19-21(17,11-7-10-15)20-13-8-5-4-6-9-13;1-2-3-9-14(11,12)13-10-7-5-4-6-8-10;1-2-3-4-8(5,6)7;4-2-1-3-8(5,6)7;1-2/h4-13H,2-3,14H2,1H3;7-11,13H,4-6,12H2,1-3H3,(H,16,18);7-11,13H,4-6,12H2,1-3H3;4-6,8-9,12H,3,7,10-11,15H2,1-2H3,(H,16,18);4-6,8-9,12H,3,7,10-11,15H2,1-2H3;4-8H,2-3,9H2,1H3,(H,11,12);2-4H2,1H3,(H2,5,6,7);1-4H2,(H2,5,6,7);1H3/t;2*13-,21?;2*12-,21?;;;;/m.0000..../s1. The van der Waals surface area contributed by atoms with Crippen LogP contribution in [0.3, 0.4) is 0 Å². The lowest BCUT2D eigenvalue weighted by molar-refractivity contribution is -0.151. The Labute approximate surface area is 810 Å². The topological polar surface area (TPSA) is 528 Å². The third kappa shape index (κ3) is 67.9. The van der Waals surface area contributed by atoms with Crippen LogP contribution in [0.25, 0.3) is 0 Å². The van der Waals surface area contributed by atoms with Gasteiger partial charge in [-0.3, -0.25) is 36.9 Å². The van der Waals surface area contributed by atoms with Crippen LogP contribution in [-0.4, -0.2) is 174 Å². The summed E-state index contributed by atoms with van der Waals surface area (Å²) in [5.41, 5.74) is 15.9. The predicted molar refractivity (Wildman–Crippen MR) is 541 cm³/mol. The van der Waals surface area contributed by atoms with E-state index >= 15 is 0 Å². The first kappa shape index (κ1) is 131. The summed E-state index contributed by atoms with van der Waals surface area (Å²) in [6.07, 6.45) is 10.6. The lowest BCUT2D eigenvalue weighted by atomic mass is 10.3. The zero-order chi connectivity index (χ0) is 103. The van der Waals surface area contributed by atoms with Gasteiger partial charge in [0.1, 0.15) is 52.3 Å². The summed E-state index contributed by atoms with van der Waals surface area (Å²) in [5.74, 6) is 1.52. The molecule has 35 nitrogen and oxygen atoms in total. The Morgan fingerprint density at radius 1 is 0.287 bits per heavy atom. The maximum Gasteiger partial charge on any atom is 0.430 e. The largest absolute Gasteiger partial charge is 0.465 e. The molecule has 0 aromatic heterocycles. The first-order valence-electron chi connectivity index (χ1n) is 45.2. The molecule has 0 aliphatic rings. The van der Waals surface area contributed by atoms with Crippen molar-refractivity contribution in [3.05, 3.63) is 212 Å². The van der Waals surface area contributed by atoms with Crippen LogP contribution >= 0.6 is 72.2 Å². The van der Waals surface area contributed by atoms with Gasteiger partial charge in [0, 0.05) is 18.7 Å². The average Bonchev–Trinajstić information content (AvgIpc) is 0.863. The van der Waals surface area contributed by atoms with Crippen molar-refractivity contribution in [2.45, 2.75) is 198 Å². The van der Waals surface area contributed by atoms with Crippen molar-refractivity contribution in [3.63, 3.8) is 0 Å². The van der Waals surface area contributed by atoms with Crippen molar-refractivity contribution < 1.29 is 140 Å². The maximum atomic E-state index is 12.9. The van der Waals surface area contributed by atoms with Gasteiger partial charge in [0.15, 0.2) is 12.2 Å². The molecule has 0 spiro atoms. The number of rotatable bonds is 54. The maximum absolute atomic E-state index is 12.9. The molecule has 0 amide bonds. The van der Waals surface area contributed by atoms with Crippen molar-refractivity contribution in [1.29, 1.82) is 0 Å². The first-order valence-corrected chi connectivity index (χ1v) is 60.1. The smallest absolute Gasteiger partial charge is 0.430 e. The van der Waals surface area contributed by atoms with Gasteiger partial charge in [-0.2, -0.15) is 0 Å². The summed E-state index contributed by atoms with van der Waals surface area (Å²) in [5, 5.41) is 5.58. The number of alkyl halides is 1. The third-order valence-electron chi connectivity index (χ3n) is 16.8. The molecule has 7 aromatic rings. The lowest BCUT2D eigenvalue weighted by Crippen LogP contribution is -2.35. The number of hydrogen-bond acceptors (Lipinski definition) is 28. The Kier molecular flexibility index (Phi) is 73.5. The van der Waals surface area contributed by atoms with Crippen LogP contribution in [0, 0.1) is 0 Å². The molecule has 9 atom stereocenters. The number of nitrogens with two attached hydrogens (primary N) is 3. The molecule has 0 bridgehead atoms. The molecule has 7 aromatic carbocycles. The molecule has 770 valence electrons. The summed E-state index contributed by atoms with van der Waals surface area (Å²) in [6, 6.07) is 61.0. The molecular formula is C92H150ClN5O30P8. The minimum absolute atomic E-state index is 0.0312. The van der Waals surface area contributed by atoms with Gasteiger partial charge in [-0.05, 0) is 211 Å². The summed E-state index contributed by atoms with van der Waals surface area (Å²) in [7, 11) is -27.3. The number of unbranched alkanes of at least 4 members (excludes halogenated alkanes) is 5. The van der Waals surface area contributed by atoms with Gasteiger partial charge in [-0.15, -0.1) is 11.6 Å². The highest BCUT2D eigenvalue weighted by molar-refractivity contribution is 7.58. The van der Waals surface area contributed by atoms with E-state index in [9.17, 15) is 60.6 Å². The fraction of sp³-hybridized carbons (Fsp3) is 0.500. The molecule has 13 N–H and O–H groups in total. The van der Waals surface area contributed by atoms with Gasteiger partial charge in [0.25, 0.3) is 0 Å². The number of esters is 4. The third-order valence-corrected chi connectivity index (χ3v) is 30.2. The van der Waals surface area contributed by atoms with E-state index in [2.05, 4.69) is 28.7 Å². The summed E-state index contributed by atoms with van der Waals surface area (Å²) in [6.45, 7) is 25.2. The van der Waals surface area contributed by atoms with Crippen LogP contribution in [0.1, 0.15) is 173 Å². The SMILES string of the molecule is CCCCP(=O)(N[C@@H](C)C(=O)OCC)Oc1ccccc1.CCCCP(=O)(O)O.CCCCP(=O)(O)Oc1ccccc1.CCCCP(=O)(Oc1ccccc1)O[C@@H](C)C(=O)OCC.CCCCP(=O)(Oc1ccccc1)Oc1ccccc1.CCOC(=O)[C@H](C)NP(=O)(CCCN)Oc1ccccc1.CCOC(=O)[C@H](C)OP(=O)(CCCN)Oc1ccccc1.CCl.NCCCP(=O)(O)O. The average molecular weight is 2090 g/mol. The second kappa shape index (κ2) is 76.5. The molecule has 0 aliphatic carbocycles. The Balaban J connectivity index is 0. The lowest BCUT2D eigenvalue weighted by Gasteiger charge is -2.23. The quantitative estimate of drug-likeness (QED) is 0.00732. The number of nitrogens with one attached hydrogen (secondary N) is 2. The van der Waals surface area contributed by atoms with E-state index in [0.29, 0.717) is 117 Å². The molecule has 0 heterocycles. The number of carbonyl (C=O) groups excluding carboxylic acids is 4. The van der Waals surface area contributed by atoms with Crippen molar-refractivity contribution in [3.8, 4) is 40.2 Å². The number of carbonyl (C=O) groups is 4. The Morgan fingerprint density at radius 3 is 0.750 bits per heavy atom. The summed E-state index contributed by atoms with van der Waals surface area (Å²) < 4.78 is 165. The minimum atomic E-state index is -3.76. The van der Waals surface area contributed by atoms with Crippen LogP contribution in [0.4, 0.5) is 0 Å². The summed E-state index contributed by atoms with van der Waals surface area (Å²) in [4.78, 5) is 88.9. The number of benzene rings is 7. The second-order valence-electron chi connectivity index (χ2n) is 29.2. The van der Waals surface area contributed by atoms with E-state index in [0.717, 1.165) is 44.9 Å². The molecule has 7 rings (SSSR count). The van der Waals surface area contributed by atoms with Crippen LogP contribution in [0.5, 0.6) is 40.2 Å². The fourth-order valence-electron chi connectivity index (χ4n) is 10.2. The number of halogens is 1. The summed E-state index contributed by atoms with van der Waals surface area (Å²) >= 11 is 4.64. The number of hydrogen-bond donors (Lipinski definition) is 10. The highest BCUT2D eigenvalue weighted by Crippen LogP contribution is 2.53. The zero-order valence-corrected chi connectivity index (χ0v) is 88.9. The second-order valence-corrected chi connectivity index (χ2v) is 45.3. The van der Waals surface area contributed by atoms with Crippen LogP contribution < -0.4 is 59.0 Å². The van der Waals surface area contributed by atoms with Gasteiger partial charge in [-0.25, -0.2) is 38.0 Å². The molecule has 44 heteroatoms. The molecule has 0 saturated heterocycles. The zero-order valence-electron chi connectivity index (χ0n) is 80.9. The molecular weight excluding hydrogens is 1940 g/mol. The van der Waals surface area contributed by atoms with E-state index in [1.165, 1.54) is 20.2 Å². The van der Waals surface area contributed by atoms with E-state index in [1.807, 2.05) is 107 Å². The molecule has 0 aliphatic heterocycles. The van der Waals surface area contributed by atoms with Crippen molar-refractivity contribution in [1.82, 2.24) is 10.2 Å². The highest BCUT2D eigenvalue weighted by Gasteiger charge is 2.36. The normalized spacial score (nSPS) is 13.8. The van der Waals surface area contributed by atoms with Gasteiger partial charge in [0.2, 0.25) is 0 Å². The monoisotopic (exact) mass is 2090 g/mol. The highest BCUT2D eigenvalue weighted by atomic mass is 35.5. The van der Waals surface area contributed by atoms with Gasteiger partial charge >= 0.3 is 84.5 Å².